The van der Waals surface area contributed by atoms with Crippen LogP contribution in [0.2, 0.25) is 0 Å². The van der Waals surface area contributed by atoms with E-state index in [1.807, 2.05) is 6.07 Å². The van der Waals surface area contributed by atoms with Crippen molar-refractivity contribution in [2.45, 2.75) is 13.8 Å². The molecule has 0 saturated carbocycles. The van der Waals surface area contributed by atoms with E-state index in [9.17, 15) is 14.7 Å². The molecule has 1 aromatic heterocycles. The number of nitrogens with zero attached hydrogens (tertiary/aromatic N) is 3. The molecule has 0 radical (unpaired) electrons. The highest BCUT2D eigenvalue weighted by Crippen LogP contribution is 2.27. The summed E-state index contributed by atoms with van der Waals surface area (Å²) in [4.78, 5) is 32.6. The molecule has 3 rings (SSSR count). The molecule has 0 bridgehead atoms. The van der Waals surface area contributed by atoms with Gasteiger partial charge in [-0.15, -0.1) is 0 Å². The van der Waals surface area contributed by atoms with Crippen molar-refractivity contribution >= 4 is 22.7 Å². The Morgan fingerprint density at radius 3 is 2.75 bits per heavy atom. The lowest BCUT2D eigenvalue weighted by molar-refractivity contribution is -0.135. The molecule has 1 aromatic carbocycles. The van der Waals surface area contributed by atoms with Gasteiger partial charge in [0.05, 0.1) is 17.3 Å². The van der Waals surface area contributed by atoms with E-state index in [2.05, 4.69) is 18.8 Å². The first kappa shape index (κ1) is 16.2. The van der Waals surface area contributed by atoms with Gasteiger partial charge in [-0.05, 0) is 12.0 Å². The van der Waals surface area contributed by atoms with Gasteiger partial charge in [0.15, 0.2) is 0 Å². The summed E-state index contributed by atoms with van der Waals surface area (Å²) in [5.41, 5.74) is 0.856. The average Bonchev–Trinajstić information content (AvgIpc) is 2.55. The quantitative estimate of drug-likeness (QED) is 0.934. The van der Waals surface area contributed by atoms with Gasteiger partial charge in [0.2, 0.25) is 5.91 Å². The number of hydrogen-bond donors (Lipinski definition) is 1. The third kappa shape index (κ3) is 3.04. The van der Waals surface area contributed by atoms with E-state index in [0.29, 0.717) is 36.5 Å². The van der Waals surface area contributed by atoms with Crippen LogP contribution in [-0.2, 0) is 4.79 Å². The molecule has 2 aromatic rings. The van der Waals surface area contributed by atoms with Crippen LogP contribution in [0.3, 0.4) is 0 Å². The fraction of sp³-hybridized carbons (Fsp3) is 0.389. The Labute approximate surface area is 140 Å². The van der Waals surface area contributed by atoms with Crippen molar-refractivity contribution in [1.29, 1.82) is 0 Å². The fourth-order valence-corrected chi connectivity index (χ4v) is 3.03. The van der Waals surface area contributed by atoms with Gasteiger partial charge in [0.25, 0.3) is 5.91 Å². The highest BCUT2D eigenvalue weighted by Gasteiger charge is 2.30. The van der Waals surface area contributed by atoms with E-state index in [1.54, 1.807) is 23.1 Å². The summed E-state index contributed by atoms with van der Waals surface area (Å²) >= 11 is 0. The number of benzene rings is 1. The Hall–Kier alpha value is -2.63. The predicted octanol–water partition coefficient (Wildman–Crippen LogP) is 1.88. The SMILES string of the molecule is CC(C)CN1CCN(C(=O)c2c(O)cnc3ccccc23)CC1=O. The summed E-state index contributed by atoms with van der Waals surface area (Å²) in [7, 11) is 0. The maximum atomic E-state index is 12.9. The zero-order valence-electron chi connectivity index (χ0n) is 13.9. The summed E-state index contributed by atoms with van der Waals surface area (Å²) in [6, 6.07) is 7.17. The van der Waals surface area contributed by atoms with Crippen molar-refractivity contribution in [2.75, 3.05) is 26.2 Å². The smallest absolute Gasteiger partial charge is 0.258 e. The van der Waals surface area contributed by atoms with E-state index >= 15 is 0 Å². The van der Waals surface area contributed by atoms with Gasteiger partial charge in [0.1, 0.15) is 12.3 Å². The minimum Gasteiger partial charge on any atom is -0.505 e. The molecule has 1 fully saturated rings. The van der Waals surface area contributed by atoms with Crippen LogP contribution in [0.5, 0.6) is 5.75 Å². The van der Waals surface area contributed by atoms with E-state index in [0.717, 1.165) is 0 Å². The number of hydrogen-bond acceptors (Lipinski definition) is 4. The van der Waals surface area contributed by atoms with Gasteiger partial charge in [-0.25, -0.2) is 0 Å². The maximum absolute atomic E-state index is 12.9. The molecule has 2 amide bonds. The summed E-state index contributed by atoms with van der Waals surface area (Å²) in [6.45, 7) is 5.85. The van der Waals surface area contributed by atoms with Crippen LogP contribution in [-0.4, -0.2) is 57.9 Å². The van der Waals surface area contributed by atoms with Crippen molar-refractivity contribution in [3.63, 3.8) is 0 Å². The number of aromatic nitrogens is 1. The molecule has 1 aliphatic rings. The van der Waals surface area contributed by atoms with Gasteiger partial charge in [-0.3, -0.25) is 14.6 Å². The van der Waals surface area contributed by atoms with Crippen molar-refractivity contribution in [3.05, 3.63) is 36.0 Å². The molecule has 24 heavy (non-hydrogen) atoms. The second-order valence-corrected chi connectivity index (χ2v) is 6.50. The highest BCUT2D eigenvalue weighted by atomic mass is 16.3. The number of rotatable bonds is 3. The van der Waals surface area contributed by atoms with Crippen LogP contribution in [0.1, 0.15) is 24.2 Å². The molecule has 2 heterocycles. The van der Waals surface area contributed by atoms with Crippen LogP contribution in [0.25, 0.3) is 10.9 Å². The molecule has 0 unspecified atom stereocenters. The first-order valence-corrected chi connectivity index (χ1v) is 8.11. The molecular weight excluding hydrogens is 306 g/mol. The molecule has 1 N–H and O–H groups in total. The van der Waals surface area contributed by atoms with Gasteiger partial charge in [0, 0.05) is 25.0 Å². The first-order valence-electron chi connectivity index (χ1n) is 8.11. The molecule has 0 aliphatic carbocycles. The van der Waals surface area contributed by atoms with E-state index in [4.69, 9.17) is 0 Å². The number of carbonyl (C=O) groups is 2. The number of amides is 2. The van der Waals surface area contributed by atoms with Gasteiger partial charge in [-0.2, -0.15) is 0 Å². The summed E-state index contributed by atoms with van der Waals surface area (Å²) < 4.78 is 0. The van der Waals surface area contributed by atoms with Gasteiger partial charge >= 0.3 is 0 Å². The lowest BCUT2D eigenvalue weighted by atomic mass is 10.1. The fourth-order valence-electron chi connectivity index (χ4n) is 3.03. The largest absolute Gasteiger partial charge is 0.505 e. The molecule has 0 spiro atoms. The first-order chi connectivity index (χ1) is 11.5. The number of carbonyl (C=O) groups excluding carboxylic acids is 2. The lowest BCUT2D eigenvalue weighted by Gasteiger charge is -2.35. The van der Waals surface area contributed by atoms with Crippen LogP contribution >= 0.6 is 0 Å². The molecule has 1 saturated heterocycles. The van der Waals surface area contributed by atoms with E-state index in [-0.39, 0.29) is 29.7 Å². The average molecular weight is 327 g/mol. The summed E-state index contributed by atoms with van der Waals surface area (Å²) in [5.74, 6) is -0.148. The predicted molar refractivity (Wildman–Crippen MR) is 90.7 cm³/mol. The Balaban J connectivity index is 1.86. The second kappa shape index (κ2) is 6.47. The molecular formula is C18H21N3O3. The molecule has 6 heteroatoms. The number of aromatic hydroxyl groups is 1. The van der Waals surface area contributed by atoms with Gasteiger partial charge < -0.3 is 14.9 Å². The highest BCUT2D eigenvalue weighted by molar-refractivity contribution is 6.09. The molecule has 1 aliphatic heterocycles. The lowest BCUT2D eigenvalue weighted by Crippen LogP contribution is -2.53. The monoisotopic (exact) mass is 327 g/mol. The summed E-state index contributed by atoms with van der Waals surface area (Å²) in [5, 5.41) is 10.7. The van der Waals surface area contributed by atoms with Crippen molar-refractivity contribution in [3.8, 4) is 5.75 Å². The van der Waals surface area contributed by atoms with Crippen LogP contribution in [0, 0.1) is 5.92 Å². The van der Waals surface area contributed by atoms with Crippen LogP contribution < -0.4 is 0 Å². The van der Waals surface area contributed by atoms with Crippen LogP contribution in [0.4, 0.5) is 0 Å². The van der Waals surface area contributed by atoms with E-state index < -0.39 is 0 Å². The molecule has 0 atom stereocenters. The normalized spacial score (nSPS) is 15.4. The number of para-hydroxylation sites is 1. The maximum Gasteiger partial charge on any atom is 0.258 e. The minimum absolute atomic E-state index is 0.0433. The number of piperazine rings is 1. The Kier molecular flexibility index (Phi) is 4.38. The second-order valence-electron chi connectivity index (χ2n) is 6.50. The third-order valence-corrected chi connectivity index (χ3v) is 4.16. The topological polar surface area (TPSA) is 73.7 Å². The van der Waals surface area contributed by atoms with Crippen LogP contribution in [0.15, 0.2) is 30.5 Å². The zero-order valence-corrected chi connectivity index (χ0v) is 13.9. The Bertz CT molecular complexity index is 788. The number of pyridine rings is 1. The Morgan fingerprint density at radius 1 is 1.29 bits per heavy atom. The van der Waals surface area contributed by atoms with Gasteiger partial charge in [-0.1, -0.05) is 32.0 Å². The third-order valence-electron chi connectivity index (χ3n) is 4.16. The molecule has 126 valence electrons. The van der Waals surface area contributed by atoms with E-state index in [1.165, 1.54) is 11.1 Å². The van der Waals surface area contributed by atoms with Crippen molar-refractivity contribution in [1.82, 2.24) is 14.8 Å². The number of fused-ring (bicyclic) bond motifs is 1. The zero-order chi connectivity index (χ0) is 17.3. The van der Waals surface area contributed by atoms with Crippen molar-refractivity contribution < 1.29 is 14.7 Å². The Morgan fingerprint density at radius 2 is 2.04 bits per heavy atom. The van der Waals surface area contributed by atoms with Crippen molar-refractivity contribution in [2.24, 2.45) is 5.92 Å². The minimum atomic E-state index is -0.330. The summed E-state index contributed by atoms with van der Waals surface area (Å²) in [6.07, 6.45) is 1.28. The standard InChI is InChI=1S/C18H21N3O3/c1-12(2)10-20-7-8-21(11-16(20)23)18(24)17-13-5-3-4-6-14(13)19-9-15(17)22/h3-6,9,12,22H,7-8,10-11H2,1-2H3. The molecule has 6 nitrogen and oxygen atoms in total.